The van der Waals surface area contributed by atoms with E-state index in [0.29, 0.717) is 12.2 Å². The molecule has 0 saturated heterocycles. The van der Waals surface area contributed by atoms with Crippen molar-refractivity contribution in [2.24, 2.45) is 5.41 Å². The van der Waals surface area contributed by atoms with Gasteiger partial charge in [-0.05, 0) is 36.6 Å². The van der Waals surface area contributed by atoms with Crippen LogP contribution in [0.1, 0.15) is 53.5 Å². The topological polar surface area (TPSA) is 114 Å². The van der Waals surface area contributed by atoms with Crippen molar-refractivity contribution in [2.45, 2.75) is 33.6 Å². The Morgan fingerprint density at radius 3 is 2.52 bits per heavy atom. The minimum atomic E-state index is -0.622. The quantitative estimate of drug-likeness (QED) is 0.714. The number of hydrogen-bond donors (Lipinski definition) is 2. The van der Waals surface area contributed by atoms with Crippen LogP contribution in [0.2, 0.25) is 0 Å². The number of carbonyl (C=O) groups excluding carboxylic acids is 3. The number of hydrogen-bond acceptors (Lipinski definition) is 5. The second-order valence-corrected chi connectivity index (χ2v) is 8.40. The molecule has 4 rings (SSSR count). The molecule has 0 aliphatic carbocycles. The van der Waals surface area contributed by atoms with E-state index in [1.165, 1.54) is 4.57 Å². The highest BCUT2D eigenvalue weighted by molar-refractivity contribution is 6.23. The highest BCUT2D eigenvalue weighted by Gasteiger charge is 2.33. The number of nitrogens with one attached hydrogen (secondary N) is 1. The highest BCUT2D eigenvalue weighted by Crippen LogP contribution is 2.33. The van der Waals surface area contributed by atoms with Gasteiger partial charge in [0.05, 0.1) is 16.8 Å². The monoisotopic (exact) mass is 394 g/mol. The molecule has 150 valence electrons. The van der Waals surface area contributed by atoms with Gasteiger partial charge in [0.15, 0.2) is 0 Å². The molecular weight excluding hydrogens is 372 g/mol. The molecule has 8 heteroatoms. The summed E-state index contributed by atoms with van der Waals surface area (Å²) in [6, 6.07) is 6.45. The Labute approximate surface area is 167 Å². The molecule has 0 spiro atoms. The summed E-state index contributed by atoms with van der Waals surface area (Å²) in [4.78, 5) is 51.1. The smallest absolute Gasteiger partial charge is 0.262 e. The van der Waals surface area contributed by atoms with Crippen LogP contribution < -0.4 is 21.5 Å². The number of aryl methyl sites for hydroxylation is 1. The Balaban J connectivity index is 1.83. The van der Waals surface area contributed by atoms with E-state index in [4.69, 9.17) is 5.73 Å². The third-order valence-electron chi connectivity index (χ3n) is 5.28. The maximum absolute atomic E-state index is 12.8. The summed E-state index contributed by atoms with van der Waals surface area (Å²) in [5.74, 6) is -1.27. The maximum atomic E-state index is 12.8. The lowest BCUT2D eigenvalue weighted by Gasteiger charge is -2.34. The van der Waals surface area contributed by atoms with Gasteiger partial charge in [0.2, 0.25) is 5.91 Å². The van der Waals surface area contributed by atoms with Gasteiger partial charge in [-0.2, -0.15) is 0 Å². The largest absolute Gasteiger partial charge is 0.384 e. The van der Waals surface area contributed by atoms with Crippen LogP contribution in [0, 0.1) is 5.41 Å². The van der Waals surface area contributed by atoms with Gasteiger partial charge >= 0.3 is 0 Å². The van der Waals surface area contributed by atoms with Crippen LogP contribution >= 0.6 is 0 Å². The molecule has 3 amide bonds. The molecule has 0 unspecified atom stereocenters. The first-order valence-corrected chi connectivity index (χ1v) is 9.46. The van der Waals surface area contributed by atoms with E-state index < -0.39 is 22.8 Å². The van der Waals surface area contributed by atoms with Gasteiger partial charge in [0, 0.05) is 23.7 Å². The zero-order chi connectivity index (χ0) is 21.1. The lowest BCUT2D eigenvalue weighted by Crippen LogP contribution is -2.42. The van der Waals surface area contributed by atoms with Crippen molar-refractivity contribution < 1.29 is 14.4 Å². The lowest BCUT2D eigenvalue weighted by molar-refractivity contribution is -0.125. The van der Waals surface area contributed by atoms with Gasteiger partial charge in [-0.3, -0.25) is 29.1 Å². The Kier molecular flexibility index (Phi) is 4.11. The third kappa shape index (κ3) is 2.91. The molecule has 0 atom stereocenters. The fraction of sp³-hybridized carbons (Fsp3) is 0.333. The van der Waals surface area contributed by atoms with Crippen LogP contribution in [0.25, 0.3) is 5.69 Å². The van der Waals surface area contributed by atoms with Gasteiger partial charge in [-0.25, -0.2) is 0 Å². The molecule has 0 saturated carbocycles. The first-order valence-electron chi connectivity index (χ1n) is 9.46. The zero-order valence-corrected chi connectivity index (χ0v) is 16.5. The lowest BCUT2D eigenvalue weighted by atomic mass is 9.92. The zero-order valence-electron chi connectivity index (χ0n) is 16.5. The number of nitrogens with zero attached hydrogens (tertiary/aromatic N) is 2. The van der Waals surface area contributed by atoms with Crippen LogP contribution in [-0.4, -0.2) is 28.8 Å². The van der Waals surface area contributed by atoms with E-state index in [0.717, 1.165) is 30.2 Å². The molecular formula is C21H22N4O4. The van der Waals surface area contributed by atoms with Gasteiger partial charge < -0.3 is 10.6 Å². The number of nitrogen functional groups attached to an aromatic ring is 1. The van der Waals surface area contributed by atoms with Crippen molar-refractivity contribution in [1.82, 2.24) is 9.88 Å². The van der Waals surface area contributed by atoms with Crippen LogP contribution in [0.15, 0.2) is 29.1 Å². The van der Waals surface area contributed by atoms with Crippen LogP contribution in [0.3, 0.4) is 0 Å². The fourth-order valence-corrected chi connectivity index (χ4v) is 3.88. The van der Waals surface area contributed by atoms with E-state index in [-0.39, 0.29) is 22.9 Å². The second-order valence-electron chi connectivity index (χ2n) is 8.40. The first-order chi connectivity index (χ1) is 13.6. The van der Waals surface area contributed by atoms with Crippen molar-refractivity contribution in [3.63, 3.8) is 0 Å². The normalized spacial score (nSPS) is 15.8. The van der Waals surface area contributed by atoms with E-state index >= 15 is 0 Å². The predicted octanol–water partition coefficient (Wildman–Crippen LogP) is 1.63. The van der Waals surface area contributed by atoms with Crippen LogP contribution in [0.5, 0.6) is 0 Å². The number of benzene rings is 1. The summed E-state index contributed by atoms with van der Waals surface area (Å²) in [6.45, 7) is 6.30. The third-order valence-corrected chi connectivity index (χ3v) is 5.28. The second kappa shape index (κ2) is 6.30. The number of fused-ring (bicyclic) bond motifs is 2. The minimum Gasteiger partial charge on any atom is -0.384 e. The number of rotatable bonds is 1. The maximum Gasteiger partial charge on any atom is 0.262 e. The average Bonchev–Trinajstić information content (AvgIpc) is 2.93. The number of imide groups is 1. The summed E-state index contributed by atoms with van der Waals surface area (Å²) in [5, 5.41) is 2.16. The number of amides is 3. The molecule has 2 aromatic rings. The first kappa shape index (κ1) is 18.9. The van der Waals surface area contributed by atoms with E-state index in [1.54, 1.807) is 17.0 Å². The number of nitrogens with two attached hydrogens (primary N) is 1. The molecule has 8 nitrogen and oxygen atoms in total. The van der Waals surface area contributed by atoms with Gasteiger partial charge in [-0.15, -0.1) is 0 Å². The molecule has 3 heterocycles. The van der Waals surface area contributed by atoms with Gasteiger partial charge in [0.1, 0.15) is 5.82 Å². The molecule has 0 fully saturated rings. The summed E-state index contributed by atoms with van der Waals surface area (Å²) in [7, 11) is 0. The molecule has 29 heavy (non-hydrogen) atoms. The van der Waals surface area contributed by atoms with Crippen molar-refractivity contribution >= 4 is 29.2 Å². The number of pyridine rings is 1. The summed E-state index contributed by atoms with van der Waals surface area (Å²) in [6.07, 6.45) is 1.57. The molecule has 1 aromatic carbocycles. The van der Waals surface area contributed by atoms with Crippen LogP contribution in [0.4, 0.5) is 11.5 Å². The Bertz CT molecular complexity index is 1140. The predicted molar refractivity (Wildman–Crippen MR) is 108 cm³/mol. The number of carbonyl (C=O) groups is 3. The SMILES string of the molecule is CC(C)(C)C(=O)N1CCCc2cc(-n3c(N)c4c(cc3=O)C(=O)NC4=O)ccc21. The van der Waals surface area contributed by atoms with Crippen molar-refractivity contribution in [3.8, 4) is 5.69 Å². The van der Waals surface area contributed by atoms with Crippen molar-refractivity contribution in [1.29, 1.82) is 0 Å². The van der Waals surface area contributed by atoms with Crippen molar-refractivity contribution in [3.05, 3.63) is 51.3 Å². The van der Waals surface area contributed by atoms with Crippen molar-refractivity contribution in [2.75, 3.05) is 17.2 Å². The number of aromatic nitrogens is 1. The standard InChI is InChI=1S/C21H22N4O4/c1-21(2,3)20(29)24-8-4-5-11-9-12(6-7-14(11)24)25-15(26)10-13-16(17(25)22)19(28)23-18(13)27/h6-7,9-10H,4-5,8,22H2,1-3H3,(H,23,27,28). The van der Waals surface area contributed by atoms with Gasteiger partial charge in [-0.1, -0.05) is 20.8 Å². The molecule has 0 radical (unpaired) electrons. The van der Waals surface area contributed by atoms with E-state index in [9.17, 15) is 19.2 Å². The molecule has 2 aliphatic heterocycles. The van der Waals surface area contributed by atoms with Crippen LogP contribution in [-0.2, 0) is 11.2 Å². The highest BCUT2D eigenvalue weighted by atomic mass is 16.2. The summed E-state index contributed by atoms with van der Waals surface area (Å²) in [5.41, 5.74) is 7.36. The minimum absolute atomic E-state index is 0.00587. The molecule has 2 aliphatic rings. The Hall–Kier alpha value is -3.42. The Morgan fingerprint density at radius 1 is 1.10 bits per heavy atom. The summed E-state index contributed by atoms with van der Waals surface area (Å²) < 4.78 is 1.22. The average molecular weight is 394 g/mol. The molecule has 0 bridgehead atoms. The van der Waals surface area contributed by atoms with Gasteiger partial charge in [0.25, 0.3) is 17.4 Å². The fourth-order valence-electron chi connectivity index (χ4n) is 3.88. The molecule has 1 aromatic heterocycles. The molecule has 3 N–H and O–H groups in total. The van der Waals surface area contributed by atoms with E-state index in [1.807, 2.05) is 26.8 Å². The Morgan fingerprint density at radius 2 is 1.83 bits per heavy atom. The summed E-state index contributed by atoms with van der Waals surface area (Å²) >= 11 is 0. The number of anilines is 2. The van der Waals surface area contributed by atoms with E-state index in [2.05, 4.69) is 5.32 Å².